The molecule has 2 aliphatic heterocycles. The Morgan fingerprint density at radius 2 is 2.27 bits per heavy atom. The second-order valence-electron chi connectivity index (χ2n) is 4.67. The van der Waals surface area contributed by atoms with Crippen molar-refractivity contribution < 1.29 is 9.59 Å². The number of thiol groups is 1. The summed E-state index contributed by atoms with van der Waals surface area (Å²) in [5, 5.41) is 2.93. The van der Waals surface area contributed by atoms with Gasteiger partial charge in [0.1, 0.15) is 0 Å². The molecular weight excluding hydrogens is 212 g/mol. The topological polar surface area (TPSA) is 49.4 Å². The molecule has 2 saturated heterocycles. The molecule has 0 spiro atoms. The Hall–Kier alpha value is -0.710. The Bertz CT molecular complexity index is 277. The summed E-state index contributed by atoms with van der Waals surface area (Å²) in [6.45, 7) is 1.49. The van der Waals surface area contributed by atoms with Gasteiger partial charge in [-0.25, -0.2) is 0 Å². The maximum Gasteiger partial charge on any atom is 0.230 e. The molecule has 0 radical (unpaired) electrons. The summed E-state index contributed by atoms with van der Waals surface area (Å²) in [4.78, 5) is 24.8. The zero-order chi connectivity index (χ0) is 11.0. The highest BCUT2D eigenvalue weighted by Gasteiger charge is 2.41. The minimum atomic E-state index is -0.158. The molecule has 0 aromatic carbocycles. The normalized spacial score (nSPS) is 30.1. The van der Waals surface area contributed by atoms with Crippen LogP contribution in [0.3, 0.4) is 0 Å². The van der Waals surface area contributed by atoms with Gasteiger partial charge in [-0.15, -0.1) is 0 Å². The molecule has 2 amide bonds. The van der Waals surface area contributed by atoms with Crippen LogP contribution in [-0.2, 0) is 9.59 Å². The van der Waals surface area contributed by atoms with Crippen LogP contribution < -0.4 is 5.32 Å². The lowest BCUT2D eigenvalue weighted by atomic mass is 10.1. The van der Waals surface area contributed by atoms with Crippen LogP contribution in [-0.4, -0.2) is 54.1 Å². The van der Waals surface area contributed by atoms with Gasteiger partial charge in [0.2, 0.25) is 11.8 Å². The summed E-state index contributed by atoms with van der Waals surface area (Å²) in [6.07, 6.45) is 4.83. The molecule has 5 heteroatoms. The SMILES string of the molecule is C[SH](C)CC(=O)N1CC2CC(=O)NC2C1. The summed E-state index contributed by atoms with van der Waals surface area (Å²) in [7, 11) is -0.158. The van der Waals surface area contributed by atoms with Gasteiger partial charge in [0.05, 0.1) is 11.8 Å². The predicted molar refractivity (Wildman–Crippen MR) is 62.3 cm³/mol. The summed E-state index contributed by atoms with van der Waals surface area (Å²) < 4.78 is 0. The van der Waals surface area contributed by atoms with E-state index in [2.05, 4.69) is 17.8 Å². The first-order valence-electron chi connectivity index (χ1n) is 5.28. The highest BCUT2D eigenvalue weighted by molar-refractivity contribution is 8.16. The van der Waals surface area contributed by atoms with Crippen molar-refractivity contribution in [3.05, 3.63) is 0 Å². The second-order valence-corrected chi connectivity index (χ2v) is 7.15. The number of hydrogen-bond donors (Lipinski definition) is 2. The lowest BCUT2D eigenvalue weighted by molar-refractivity contribution is -0.128. The quantitative estimate of drug-likeness (QED) is 0.634. The smallest absolute Gasteiger partial charge is 0.230 e. The summed E-state index contributed by atoms with van der Waals surface area (Å²) >= 11 is 0. The van der Waals surface area contributed by atoms with E-state index in [0.717, 1.165) is 13.1 Å². The largest absolute Gasteiger partial charge is 0.351 e. The van der Waals surface area contributed by atoms with Gasteiger partial charge in [0.15, 0.2) is 0 Å². The monoisotopic (exact) mass is 230 g/mol. The van der Waals surface area contributed by atoms with E-state index in [1.165, 1.54) is 0 Å². The average Bonchev–Trinajstić information content (AvgIpc) is 2.58. The second kappa shape index (κ2) is 4.04. The first-order valence-corrected chi connectivity index (χ1v) is 7.70. The van der Waals surface area contributed by atoms with Crippen LogP contribution in [0.4, 0.5) is 0 Å². The van der Waals surface area contributed by atoms with Crippen LogP contribution in [0.15, 0.2) is 0 Å². The Morgan fingerprint density at radius 3 is 2.87 bits per heavy atom. The standard InChI is InChI=1S/C10H18N2O2S/c1-15(2)6-10(14)12-4-7-3-9(13)11-8(7)5-12/h7-8,15H,3-6H2,1-2H3,(H,11,13). The van der Waals surface area contributed by atoms with E-state index in [1.807, 2.05) is 4.90 Å². The van der Waals surface area contributed by atoms with Gasteiger partial charge < -0.3 is 10.2 Å². The van der Waals surface area contributed by atoms with Gasteiger partial charge in [-0.2, -0.15) is 0 Å². The molecule has 2 atom stereocenters. The number of hydrogen-bond acceptors (Lipinski definition) is 2. The van der Waals surface area contributed by atoms with E-state index >= 15 is 0 Å². The molecule has 0 aromatic rings. The number of rotatable bonds is 2. The van der Waals surface area contributed by atoms with E-state index < -0.39 is 0 Å². The van der Waals surface area contributed by atoms with Crippen LogP contribution >= 0.6 is 10.9 Å². The third-order valence-corrected chi connectivity index (χ3v) is 3.94. The fraction of sp³-hybridized carbons (Fsp3) is 0.800. The number of amides is 2. The van der Waals surface area contributed by atoms with Gasteiger partial charge >= 0.3 is 0 Å². The van der Waals surface area contributed by atoms with Crippen molar-refractivity contribution in [3.8, 4) is 0 Å². The van der Waals surface area contributed by atoms with Crippen molar-refractivity contribution in [2.45, 2.75) is 12.5 Å². The molecule has 2 heterocycles. The molecule has 0 aromatic heterocycles. The highest BCUT2D eigenvalue weighted by atomic mass is 32.2. The van der Waals surface area contributed by atoms with Crippen LogP contribution in [0.25, 0.3) is 0 Å². The van der Waals surface area contributed by atoms with Crippen molar-refractivity contribution in [1.82, 2.24) is 10.2 Å². The number of carbonyl (C=O) groups is 2. The number of likely N-dealkylation sites (tertiary alicyclic amines) is 1. The molecule has 15 heavy (non-hydrogen) atoms. The average molecular weight is 230 g/mol. The number of carbonyl (C=O) groups excluding carboxylic acids is 2. The first-order chi connectivity index (χ1) is 7.06. The third kappa shape index (κ3) is 2.27. The minimum Gasteiger partial charge on any atom is -0.351 e. The van der Waals surface area contributed by atoms with Crippen LogP contribution in [0, 0.1) is 5.92 Å². The zero-order valence-electron chi connectivity index (χ0n) is 9.19. The van der Waals surface area contributed by atoms with Crippen molar-refractivity contribution in [3.63, 3.8) is 0 Å². The lowest BCUT2D eigenvalue weighted by Gasteiger charge is -2.19. The van der Waals surface area contributed by atoms with E-state index in [1.54, 1.807) is 0 Å². The highest BCUT2D eigenvalue weighted by Crippen LogP contribution is 2.26. The lowest BCUT2D eigenvalue weighted by Crippen LogP contribution is -2.36. The Balaban J connectivity index is 1.89. The van der Waals surface area contributed by atoms with Crippen LogP contribution in [0.1, 0.15) is 6.42 Å². The molecule has 1 N–H and O–H groups in total. The molecule has 4 nitrogen and oxygen atoms in total. The van der Waals surface area contributed by atoms with E-state index in [9.17, 15) is 9.59 Å². The number of nitrogens with zero attached hydrogens (tertiary/aromatic N) is 1. The minimum absolute atomic E-state index is 0.144. The summed E-state index contributed by atoms with van der Waals surface area (Å²) in [5.41, 5.74) is 0. The Labute approximate surface area is 92.7 Å². The molecule has 0 aliphatic carbocycles. The van der Waals surface area contributed by atoms with E-state index in [4.69, 9.17) is 0 Å². The zero-order valence-corrected chi connectivity index (χ0v) is 10.1. The maximum absolute atomic E-state index is 11.8. The fourth-order valence-corrected chi connectivity index (χ4v) is 3.06. The predicted octanol–water partition coefficient (Wildman–Crippen LogP) is -0.406. The molecule has 2 unspecified atom stereocenters. The first kappa shape index (κ1) is 10.8. The van der Waals surface area contributed by atoms with Crippen molar-refractivity contribution >= 4 is 22.7 Å². The fourth-order valence-electron chi connectivity index (χ4n) is 2.32. The number of nitrogens with one attached hydrogen (secondary N) is 1. The molecule has 2 rings (SSSR count). The van der Waals surface area contributed by atoms with E-state index in [-0.39, 0.29) is 28.8 Å². The molecule has 2 aliphatic rings. The van der Waals surface area contributed by atoms with Gasteiger partial charge in [-0.1, -0.05) is 0 Å². The summed E-state index contributed by atoms with van der Waals surface area (Å²) in [6, 6.07) is 0.224. The van der Waals surface area contributed by atoms with Gasteiger partial charge in [-0.3, -0.25) is 20.5 Å². The van der Waals surface area contributed by atoms with Crippen LogP contribution in [0.2, 0.25) is 0 Å². The van der Waals surface area contributed by atoms with Gasteiger partial charge in [0.25, 0.3) is 0 Å². The molecule has 0 saturated carbocycles. The Morgan fingerprint density at radius 1 is 1.53 bits per heavy atom. The number of fused-ring (bicyclic) bond motifs is 1. The third-order valence-electron chi connectivity index (χ3n) is 3.04. The molecule has 0 bridgehead atoms. The van der Waals surface area contributed by atoms with E-state index in [0.29, 0.717) is 18.1 Å². The molecular formula is C10H18N2O2S. The van der Waals surface area contributed by atoms with Crippen molar-refractivity contribution in [2.75, 3.05) is 31.4 Å². The molecule has 2 fully saturated rings. The molecule has 86 valence electrons. The van der Waals surface area contributed by atoms with Gasteiger partial charge in [-0.05, 0) is 12.5 Å². The van der Waals surface area contributed by atoms with Crippen molar-refractivity contribution in [2.24, 2.45) is 5.92 Å². The Kier molecular flexibility index (Phi) is 2.91. The van der Waals surface area contributed by atoms with Crippen LogP contribution in [0.5, 0.6) is 0 Å². The van der Waals surface area contributed by atoms with Gasteiger partial charge in [0, 0.05) is 25.4 Å². The maximum atomic E-state index is 11.8. The van der Waals surface area contributed by atoms with Crippen molar-refractivity contribution in [1.29, 1.82) is 0 Å². The summed E-state index contributed by atoms with van der Waals surface area (Å²) in [5.74, 6) is 1.45.